The predicted molar refractivity (Wildman–Crippen MR) is 65.5 cm³/mol. The molecule has 0 aliphatic carbocycles. The number of hydrogen-bond donors (Lipinski definition) is 2. The fourth-order valence-electron chi connectivity index (χ4n) is 2.25. The summed E-state index contributed by atoms with van der Waals surface area (Å²) in [4.78, 5) is 2.35. The number of hydrogen-bond acceptors (Lipinski definition) is 3. The molecule has 0 radical (unpaired) electrons. The van der Waals surface area contributed by atoms with Crippen molar-refractivity contribution in [2.75, 3.05) is 20.1 Å². The van der Waals surface area contributed by atoms with Crippen molar-refractivity contribution in [3.63, 3.8) is 0 Å². The Hall–Kier alpha value is -1.06. The van der Waals surface area contributed by atoms with Crippen LogP contribution in [0.2, 0.25) is 0 Å². The lowest BCUT2D eigenvalue weighted by molar-refractivity contribution is 0.226. The molecule has 16 heavy (non-hydrogen) atoms. The third kappa shape index (κ3) is 2.97. The average molecular weight is 220 g/mol. The SMILES string of the molecule is CN1CCCC(NCc2ccccc2O)C1. The molecule has 0 amide bonds. The van der Waals surface area contributed by atoms with Crippen molar-refractivity contribution in [1.82, 2.24) is 10.2 Å². The molecule has 2 rings (SSSR count). The van der Waals surface area contributed by atoms with Crippen LogP contribution >= 0.6 is 0 Å². The van der Waals surface area contributed by atoms with Crippen molar-refractivity contribution >= 4 is 0 Å². The van der Waals surface area contributed by atoms with Gasteiger partial charge in [0, 0.05) is 24.7 Å². The van der Waals surface area contributed by atoms with Gasteiger partial charge in [-0.3, -0.25) is 0 Å². The lowest BCUT2D eigenvalue weighted by Gasteiger charge is -2.30. The van der Waals surface area contributed by atoms with Gasteiger partial charge in [-0.15, -0.1) is 0 Å². The first-order chi connectivity index (χ1) is 7.75. The van der Waals surface area contributed by atoms with Gasteiger partial charge in [-0.25, -0.2) is 0 Å². The van der Waals surface area contributed by atoms with E-state index in [1.54, 1.807) is 6.07 Å². The van der Waals surface area contributed by atoms with Crippen LogP contribution in [0.4, 0.5) is 0 Å². The topological polar surface area (TPSA) is 35.5 Å². The van der Waals surface area contributed by atoms with E-state index in [1.807, 2.05) is 18.2 Å². The fraction of sp³-hybridized carbons (Fsp3) is 0.538. The lowest BCUT2D eigenvalue weighted by Crippen LogP contribution is -2.43. The number of rotatable bonds is 3. The summed E-state index contributed by atoms with van der Waals surface area (Å²) in [6, 6.07) is 8.08. The van der Waals surface area contributed by atoms with Crippen LogP contribution < -0.4 is 5.32 Å². The van der Waals surface area contributed by atoms with E-state index in [0.29, 0.717) is 11.8 Å². The van der Waals surface area contributed by atoms with Gasteiger partial charge in [0.1, 0.15) is 5.75 Å². The zero-order valence-electron chi connectivity index (χ0n) is 9.82. The Balaban J connectivity index is 1.85. The van der Waals surface area contributed by atoms with E-state index in [1.165, 1.54) is 19.4 Å². The normalized spacial score (nSPS) is 22.2. The second kappa shape index (κ2) is 5.32. The van der Waals surface area contributed by atoms with Gasteiger partial charge >= 0.3 is 0 Å². The van der Waals surface area contributed by atoms with Gasteiger partial charge in [-0.2, -0.15) is 0 Å². The molecule has 3 heteroatoms. The van der Waals surface area contributed by atoms with Crippen LogP contribution in [0.15, 0.2) is 24.3 Å². The van der Waals surface area contributed by atoms with Crippen LogP contribution in [0.5, 0.6) is 5.75 Å². The molecule has 1 aromatic rings. The average Bonchev–Trinajstić information content (AvgIpc) is 2.28. The zero-order valence-corrected chi connectivity index (χ0v) is 9.82. The third-order valence-electron chi connectivity index (χ3n) is 3.20. The Kier molecular flexibility index (Phi) is 3.80. The van der Waals surface area contributed by atoms with Crippen LogP contribution in [0, 0.1) is 0 Å². The van der Waals surface area contributed by atoms with Crippen molar-refractivity contribution in [2.24, 2.45) is 0 Å². The first kappa shape index (κ1) is 11.4. The molecule has 88 valence electrons. The van der Waals surface area contributed by atoms with Gasteiger partial charge < -0.3 is 15.3 Å². The summed E-state index contributed by atoms with van der Waals surface area (Å²) >= 11 is 0. The maximum Gasteiger partial charge on any atom is 0.120 e. The van der Waals surface area contributed by atoms with E-state index >= 15 is 0 Å². The van der Waals surface area contributed by atoms with Gasteiger partial charge in [-0.05, 0) is 32.5 Å². The molecule has 1 saturated heterocycles. The van der Waals surface area contributed by atoms with Crippen molar-refractivity contribution in [2.45, 2.75) is 25.4 Å². The van der Waals surface area contributed by atoms with Gasteiger partial charge in [0.05, 0.1) is 0 Å². The van der Waals surface area contributed by atoms with Gasteiger partial charge in [-0.1, -0.05) is 18.2 Å². The van der Waals surface area contributed by atoms with Crippen LogP contribution in [-0.4, -0.2) is 36.2 Å². The Labute approximate surface area is 97.1 Å². The number of likely N-dealkylation sites (tertiary alicyclic amines) is 1. The molecule has 3 nitrogen and oxygen atoms in total. The minimum Gasteiger partial charge on any atom is -0.508 e. The lowest BCUT2D eigenvalue weighted by atomic mass is 10.1. The Bertz CT molecular complexity index is 340. The molecule has 0 spiro atoms. The summed E-state index contributed by atoms with van der Waals surface area (Å²) in [5, 5.41) is 13.1. The summed E-state index contributed by atoms with van der Waals surface area (Å²) in [6.07, 6.45) is 2.49. The zero-order chi connectivity index (χ0) is 11.4. The molecule has 0 saturated carbocycles. The standard InChI is InChI=1S/C13H20N2O/c1-15-8-4-6-12(10-15)14-9-11-5-2-3-7-13(11)16/h2-3,5,7,12,14,16H,4,6,8-10H2,1H3. The molecule has 1 aliphatic rings. The molecule has 1 unspecified atom stereocenters. The monoisotopic (exact) mass is 220 g/mol. The molecule has 0 aromatic heterocycles. The second-order valence-corrected chi connectivity index (χ2v) is 4.61. The maximum atomic E-state index is 9.64. The Morgan fingerprint density at radius 1 is 1.44 bits per heavy atom. The first-order valence-electron chi connectivity index (χ1n) is 5.94. The minimum absolute atomic E-state index is 0.388. The number of nitrogens with one attached hydrogen (secondary N) is 1. The van der Waals surface area contributed by atoms with Crippen molar-refractivity contribution in [3.8, 4) is 5.75 Å². The molecule has 1 fully saturated rings. The van der Waals surface area contributed by atoms with Crippen molar-refractivity contribution < 1.29 is 5.11 Å². The summed E-state index contributed by atoms with van der Waals surface area (Å²) in [6.45, 7) is 3.06. The van der Waals surface area contributed by atoms with Crippen LogP contribution in [-0.2, 0) is 6.54 Å². The van der Waals surface area contributed by atoms with E-state index < -0.39 is 0 Å². The predicted octanol–water partition coefficient (Wildman–Crippen LogP) is 1.58. The van der Waals surface area contributed by atoms with Gasteiger partial charge in [0.2, 0.25) is 0 Å². The number of nitrogens with zero attached hydrogens (tertiary/aromatic N) is 1. The molecule has 0 bridgehead atoms. The number of piperidine rings is 1. The highest BCUT2D eigenvalue weighted by molar-refractivity contribution is 5.31. The third-order valence-corrected chi connectivity index (χ3v) is 3.20. The molecule has 1 aliphatic heterocycles. The van der Waals surface area contributed by atoms with Crippen LogP contribution in [0.1, 0.15) is 18.4 Å². The minimum atomic E-state index is 0.388. The molecule has 1 atom stereocenters. The quantitative estimate of drug-likeness (QED) is 0.811. The number of likely N-dealkylation sites (N-methyl/N-ethyl adjacent to an activating group) is 1. The number of phenols is 1. The molecule has 2 N–H and O–H groups in total. The summed E-state index contributed by atoms with van der Waals surface area (Å²) < 4.78 is 0. The van der Waals surface area contributed by atoms with Crippen molar-refractivity contribution in [3.05, 3.63) is 29.8 Å². The molecule has 1 heterocycles. The Morgan fingerprint density at radius 2 is 2.25 bits per heavy atom. The molecule has 1 aromatic carbocycles. The van der Waals surface area contributed by atoms with E-state index in [2.05, 4.69) is 17.3 Å². The first-order valence-corrected chi connectivity index (χ1v) is 5.94. The second-order valence-electron chi connectivity index (χ2n) is 4.61. The fourth-order valence-corrected chi connectivity index (χ4v) is 2.25. The van der Waals surface area contributed by atoms with E-state index in [4.69, 9.17) is 0 Å². The molecular formula is C13H20N2O. The highest BCUT2D eigenvalue weighted by atomic mass is 16.3. The van der Waals surface area contributed by atoms with E-state index in [9.17, 15) is 5.11 Å². The van der Waals surface area contributed by atoms with Crippen LogP contribution in [0.25, 0.3) is 0 Å². The van der Waals surface area contributed by atoms with Gasteiger partial charge in [0.25, 0.3) is 0 Å². The van der Waals surface area contributed by atoms with E-state index in [-0.39, 0.29) is 0 Å². The highest BCUT2D eigenvalue weighted by Gasteiger charge is 2.16. The summed E-state index contributed by atoms with van der Waals surface area (Å²) in [5.74, 6) is 0.388. The smallest absolute Gasteiger partial charge is 0.120 e. The van der Waals surface area contributed by atoms with E-state index in [0.717, 1.165) is 18.7 Å². The largest absolute Gasteiger partial charge is 0.508 e. The number of aromatic hydroxyl groups is 1. The Morgan fingerprint density at radius 3 is 3.00 bits per heavy atom. The molecular weight excluding hydrogens is 200 g/mol. The number of benzene rings is 1. The summed E-state index contributed by atoms with van der Waals surface area (Å²) in [7, 11) is 2.16. The van der Waals surface area contributed by atoms with Crippen LogP contribution in [0.3, 0.4) is 0 Å². The van der Waals surface area contributed by atoms with Crippen molar-refractivity contribution in [1.29, 1.82) is 0 Å². The highest BCUT2D eigenvalue weighted by Crippen LogP contribution is 2.16. The number of para-hydroxylation sites is 1. The van der Waals surface area contributed by atoms with Gasteiger partial charge in [0.15, 0.2) is 0 Å². The summed E-state index contributed by atoms with van der Waals surface area (Å²) in [5.41, 5.74) is 0.982. The number of phenolic OH excluding ortho intramolecular Hbond substituents is 1. The maximum absolute atomic E-state index is 9.64.